The van der Waals surface area contributed by atoms with Gasteiger partial charge in [-0.2, -0.15) is 0 Å². The zero-order valence-corrected chi connectivity index (χ0v) is 13.0. The number of halogens is 1. The van der Waals surface area contributed by atoms with Crippen LogP contribution in [0.4, 0.5) is 0 Å². The van der Waals surface area contributed by atoms with Gasteiger partial charge in [0.15, 0.2) is 0 Å². The molecule has 0 aliphatic heterocycles. The first kappa shape index (κ1) is 14.2. The molecule has 2 rings (SSSR count). The van der Waals surface area contributed by atoms with Gasteiger partial charge in [-0.05, 0) is 24.5 Å². The zero-order chi connectivity index (χ0) is 14.2. The molecule has 1 aromatic heterocycles. The number of benzene rings is 1. The van der Waals surface area contributed by atoms with E-state index in [-0.39, 0.29) is 5.41 Å². The minimum atomic E-state index is 0.147. The van der Waals surface area contributed by atoms with E-state index in [1.807, 2.05) is 12.1 Å². The first-order valence-electron chi connectivity index (χ1n) is 6.49. The molecular formula is C15H21ClN2O. The molecule has 1 unspecified atom stereocenters. The number of ether oxygens (including phenoxy) is 1. The van der Waals surface area contributed by atoms with E-state index >= 15 is 0 Å². The average molecular weight is 281 g/mol. The molecule has 0 aliphatic rings. The van der Waals surface area contributed by atoms with Gasteiger partial charge in [0.05, 0.1) is 24.0 Å². The van der Waals surface area contributed by atoms with Crippen LogP contribution in [0.15, 0.2) is 18.2 Å². The van der Waals surface area contributed by atoms with E-state index in [4.69, 9.17) is 16.3 Å². The third kappa shape index (κ3) is 2.57. The molecule has 0 fully saturated rings. The topological polar surface area (TPSA) is 27.1 Å². The molecule has 0 saturated carbocycles. The van der Waals surface area contributed by atoms with Crippen LogP contribution in [-0.4, -0.2) is 16.7 Å². The fourth-order valence-corrected chi connectivity index (χ4v) is 2.36. The van der Waals surface area contributed by atoms with E-state index in [0.29, 0.717) is 11.9 Å². The summed E-state index contributed by atoms with van der Waals surface area (Å²) >= 11 is 6.06. The Morgan fingerprint density at radius 3 is 2.58 bits per heavy atom. The smallest absolute Gasteiger partial charge is 0.125 e. The van der Waals surface area contributed by atoms with E-state index < -0.39 is 0 Å². The predicted molar refractivity (Wildman–Crippen MR) is 80.0 cm³/mol. The Labute approximate surface area is 119 Å². The summed E-state index contributed by atoms with van der Waals surface area (Å²) in [6, 6.07) is 6.30. The number of aromatic nitrogens is 2. The first-order chi connectivity index (χ1) is 8.88. The van der Waals surface area contributed by atoms with E-state index in [1.165, 1.54) is 0 Å². The molecule has 0 amide bonds. The molecule has 1 atom stereocenters. The van der Waals surface area contributed by atoms with Gasteiger partial charge >= 0.3 is 0 Å². The molecule has 0 aliphatic carbocycles. The molecule has 0 bridgehead atoms. The monoisotopic (exact) mass is 280 g/mol. The third-order valence-electron chi connectivity index (χ3n) is 3.73. The number of hydrogen-bond acceptors (Lipinski definition) is 2. The summed E-state index contributed by atoms with van der Waals surface area (Å²) in [7, 11) is 1.67. The van der Waals surface area contributed by atoms with Crippen LogP contribution in [0, 0.1) is 5.41 Å². The third-order valence-corrected chi connectivity index (χ3v) is 3.97. The summed E-state index contributed by atoms with van der Waals surface area (Å²) in [5.41, 5.74) is 2.19. The van der Waals surface area contributed by atoms with Crippen LogP contribution in [0.3, 0.4) is 0 Å². The second-order valence-corrected chi connectivity index (χ2v) is 6.20. The number of hydrogen-bond donors (Lipinski definition) is 0. The van der Waals surface area contributed by atoms with Crippen molar-refractivity contribution in [2.45, 2.75) is 39.6 Å². The molecule has 104 valence electrons. The Kier molecular flexibility index (Phi) is 3.77. The van der Waals surface area contributed by atoms with Gasteiger partial charge in [0.25, 0.3) is 0 Å². The van der Waals surface area contributed by atoms with Crippen LogP contribution < -0.4 is 4.74 Å². The van der Waals surface area contributed by atoms with E-state index in [9.17, 15) is 0 Å². The molecule has 3 nitrogen and oxygen atoms in total. The van der Waals surface area contributed by atoms with Crippen LogP contribution in [0.25, 0.3) is 11.0 Å². The number of fused-ring (bicyclic) bond motifs is 1. The van der Waals surface area contributed by atoms with Gasteiger partial charge in [-0.15, -0.1) is 11.6 Å². The first-order valence-corrected chi connectivity index (χ1v) is 7.02. The van der Waals surface area contributed by atoms with Crippen molar-refractivity contribution in [3.05, 3.63) is 24.0 Å². The fourth-order valence-electron chi connectivity index (χ4n) is 2.17. The summed E-state index contributed by atoms with van der Waals surface area (Å²) in [6.07, 6.45) is 0. The van der Waals surface area contributed by atoms with Crippen LogP contribution in [0.5, 0.6) is 5.75 Å². The molecule has 0 saturated heterocycles. The Hall–Kier alpha value is -1.22. The highest BCUT2D eigenvalue weighted by atomic mass is 35.5. The van der Waals surface area contributed by atoms with Crippen molar-refractivity contribution in [2.75, 3.05) is 7.11 Å². The summed E-state index contributed by atoms with van der Waals surface area (Å²) < 4.78 is 7.49. The number of methoxy groups -OCH3 is 1. The summed E-state index contributed by atoms with van der Waals surface area (Å²) in [5.74, 6) is 2.14. The summed E-state index contributed by atoms with van der Waals surface area (Å²) in [4.78, 5) is 4.63. The van der Waals surface area contributed by atoms with Gasteiger partial charge in [-0.25, -0.2) is 4.98 Å². The van der Waals surface area contributed by atoms with Gasteiger partial charge in [0.1, 0.15) is 11.6 Å². The quantitative estimate of drug-likeness (QED) is 0.780. The highest BCUT2D eigenvalue weighted by molar-refractivity contribution is 6.16. The van der Waals surface area contributed by atoms with Gasteiger partial charge in [-0.3, -0.25) is 0 Å². The molecule has 2 aromatic rings. The standard InChI is InChI=1S/C15H21ClN2O/c1-10(15(2,3)4)18-13-7-6-11(19-5)8-12(13)17-14(18)9-16/h6-8,10H,9H2,1-5H3. The van der Waals surface area contributed by atoms with Crippen LogP contribution >= 0.6 is 11.6 Å². The van der Waals surface area contributed by atoms with Crippen molar-refractivity contribution >= 4 is 22.6 Å². The maximum Gasteiger partial charge on any atom is 0.125 e. The lowest BCUT2D eigenvalue weighted by molar-refractivity contribution is 0.264. The van der Waals surface area contributed by atoms with Crippen molar-refractivity contribution < 1.29 is 4.74 Å². The second kappa shape index (κ2) is 5.04. The maximum atomic E-state index is 6.06. The lowest BCUT2D eigenvalue weighted by atomic mass is 9.87. The maximum absolute atomic E-state index is 6.06. The van der Waals surface area contributed by atoms with E-state index in [2.05, 4.69) is 43.3 Å². The van der Waals surface area contributed by atoms with Crippen molar-refractivity contribution in [2.24, 2.45) is 5.41 Å². The Morgan fingerprint density at radius 1 is 1.37 bits per heavy atom. The highest BCUT2D eigenvalue weighted by Crippen LogP contribution is 2.35. The molecule has 1 heterocycles. The van der Waals surface area contributed by atoms with Crippen LogP contribution in [-0.2, 0) is 5.88 Å². The Morgan fingerprint density at radius 2 is 2.05 bits per heavy atom. The Bertz CT molecular complexity index is 584. The second-order valence-electron chi connectivity index (χ2n) is 5.93. The van der Waals surface area contributed by atoms with Gasteiger partial charge in [-0.1, -0.05) is 20.8 Å². The summed E-state index contributed by atoms with van der Waals surface area (Å²) in [6.45, 7) is 8.89. The van der Waals surface area contributed by atoms with Crippen molar-refractivity contribution in [3.8, 4) is 5.75 Å². The van der Waals surface area contributed by atoms with Crippen molar-refractivity contribution in [1.29, 1.82) is 0 Å². The van der Waals surface area contributed by atoms with Crippen LogP contribution in [0.1, 0.15) is 39.6 Å². The van der Waals surface area contributed by atoms with Crippen molar-refractivity contribution in [3.63, 3.8) is 0 Å². The lowest BCUT2D eigenvalue weighted by Crippen LogP contribution is -2.22. The van der Waals surface area contributed by atoms with Crippen LogP contribution in [0.2, 0.25) is 0 Å². The Balaban J connectivity index is 2.64. The molecule has 0 radical (unpaired) electrons. The summed E-state index contributed by atoms with van der Waals surface area (Å²) in [5, 5.41) is 0. The zero-order valence-electron chi connectivity index (χ0n) is 12.2. The minimum absolute atomic E-state index is 0.147. The van der Waals surface area contributed by atoms with Gasteiger partial charge in [0.2, 0.25) is 0 Å². The highest BCUT2D eigenvalue weighted by Gasteiger charge is 2.25. The number of imidazole rings is 1. The van der Waals surface area contributed by atoms with Crippen molar-refractivity contribution in [1.82, 2.24) is 9.55 Å². The number of alkyl halides is 1. The molecule has 0 spiro atoms. The minimum Gasteiger partial charge on any atom is -0.497 e. The molecule has 0 N–H and O–H groups in total. The number of rotatable bonds is 3. The van der Waals surface area contributed by atoms with E-state index in [0.717, 1.165) is 22.6 Å². The number of nitrogens with zero attached hydrogens (tertiary/aromatic N) is 2. The van der Waals surface area contributed by atoms with E-state index in [1.54, 1.807) is 7.11 Å². The van der Waals surface area contributed by atoms with Gasteiger partial charge in [0, 0.05) is 12.1 Å². The molecular weight excluding hydrogens is 260 g/mol. The molecule has 19 heavy (non-hydrogen) atoms. The normalized spacial score (nSPS) is 13.8. The largest absolute Gasteiger partial charge is 0.497 e. The predicted octanol–water partition coefficient (Wildman–Crippen LogP) is 4.39. The van der Waals surface area contributed by atoms with Gasteiger partial charge < -0.3 is 9.30 Å². The molecule has 1 aromatic carbocycles. The average Bonchev–Trinajstić information content (AvgIpc) is 2.73. The molecule has 4 heteroatoms. The lowest BCUT2D eigenvalue weighted by Gasteiger charge is -2.30. The fraction of sp³-hybridized carbons (Fsp3) is 0.533. The SMILES string of the molecule is COc1ccc2c(c1)nc(CCl)n2C(C)C(C)(C)C.